The molecule has 1 aromatic heterocycles. The summed E-state index contributed by atoms with van der Waals surface area (Å²) in [5, 5.41) is 32.2. The van der Waals surface area contributed by atoms with Gasteiger partial charge in [0.15, 0.2) is 6.29 Å². The Hall–Kier alpha value is -2.53. The second-order valence-corrected chi connectivity index (χ2v) is 8.54. The Bertz CT molecular complexity index is 896. The van der Waals surface area contributed by atoms with Gasteiger partial charge in [-0.3, -0.25) is 4.79 Å². The van der Waals surface area contributed by atoms with E-state index in [1.54, 1.807) is 13.3 Å². The van der Waals surface area contributed by atoms with Crippen LogP contribution in [0.15, 0.2) is 30.5 Å². The van der Waals surface area contributed by atoms with Crippen molar-refractivity contribution in [2.24, 2.45) is 0 Å². The Morgan fingerprint density at radius 3 is 2.68 bits per heavy atom. The van der Waals surface area contributed by atoms with Crippen LogP contribution in [0, 0.1) is 0 Å². The van der Waals surface area contributed by atoms with Crippen molar-refractivity contribution in [2.75, 3.05) is 7.11 Å². The number of nitrogens with one attached hydrogen (secondary N) is 1. The molecule has 1 aliphatic rings. The van der Waals surface area contributed by atoms with Crippen molar-refractivity contribution in [2.45, 2.75) is 70.5 Å². The summed E-state index contributed by atoms with van der Waals surface area (Å²) in [5.74, 6) is 0.340. The number of hydrogen-bond donors (Lipinski definition) is 3. The first-order valence-corrected chi connectivity index (χ1v) is 10.1. The van der Waals surface area contributed by atoms with E-state index in [9.17, 15) is 15.0 Å². The zero-order valence-corrected chi connectivity index (χ0v) is 18.3. The van der Waals surface area contributed by atoms with E-state index in [1.165, 1.54) is 11.6 Å². The molecule has 1 aromatic carbocycles. The number of aromatic nitrogens is 3. The quantitative estimate of drug-likeness (QED) is 0.607. The Balaban J connectivity index is 1.77. The number of aliphatic hydroxyl groups is 2. The molecule has 10 heteroatoms. The Labute approximate surface area is 181 Å². The molecule has 10 nitrogen and oxygen atoms in total. The van der Waals surface area contributed by atoms with E-state index in [1.807, 2.05) is 45.0 Å². The van der Waals surface area contributed by atoms with Crippen molar-refractivity contribution < 1.29 is 29.2 Å². The van der Waals surface area contributed by atoms with E-state index in [0.29, 0.717) is 11.4 Å². The first kappa shape index (κ1) is 23.1. The van der Waals surface area contributed by atoms with Crippen LogP contribution in [-0.2, 0) is 20.8 Å². The van der Waals surface area contributed by atoms with Crippen molar-refractivity contribution in [1.82, 2.24) is 20.3 Å². The van der Waals surface area contributed by atoms with E-state index in [2.05, 4.69) is 15.6 Å². The normalized spacial score (nSPS) is 26.5. The molecule has 2 aromatic rings. The zero-order chi connectivity index (χ0) is 22.8. The minimum Gasteiger partial charge on any atom is -0.497 e. The van der Waals surface area contributed by atoms with E-state index >= 15 is 0 Å². The fourth-order valence-electron chi connectivity index (χ4n) is 3.41. The fraction of sp³-hybridized carbons (Fsp3) is 0.571. The molecule has 2 heterocycles. The number of amides is 1. The summed E-state index contributed by atoms with van der Waals surface area (Å²) < 4.78 is 18.6. The fourth-order valence-corrected chi connectivity index (χ4v) is 3.41. The topological polar surface area (TPSA) is 128 Å². The second kappa shape index (κ2) is 9.31. The summed E-state index contributed by atoms with van der Waals surface area (Å²) in [5.41, 5.74) is 0.861. The number of rotatable bonds is 6. The van der Waals surface area contributed by atoms with Gasteiger partial charge in [0.05, 0.1) is 25.5 Å². The first-order chi connectivity index (χ1) is 14.6. The highest BCUT2D eigenvalue weighted by molar-refractivity contribution is 5.73. The van der Waals surface area contributed by atoms with Crippen LogP contribution in [0.25, 0.3) is 11.3 Å². The molecule has 1 fully saturated rings. The number of methoxy groups -OCH3 is 1. The predicted octanol–water partition coefficient (Wildman–Crippen LogP) is 0.720. The van der Waals surface area contributed by atoms with Gasteiger partial charge < -0.3 is 29.7 Å². The lowest BCUT2D eigenvalue weighted by Crippen LogP contribution is -2.65. The molecule has 1 amide bonds. The van der Waals surface area contributed by atoms with Gasteiger partial charge in [-0.2, -0.15) is 0 Å². The predicted molar refractivity (Wildman–Crippen MR) is 111 cm³/mol. The highest BCUT2D eigenvalue weighted by Gasteiger charge is 2.46. The SMILES string of the molecule is COc1cccc(-c2cn(C[C@H]3OC(OC(C)(C)C)[C@H](NC(C)=O)[C@@H](O)[C@H]3O)nn2)c1. The van der Waals surface area contributed by atoms with Crippen LogP contribution in [-0.4, -0.2) is 74.5 Å². The largest absolute Gasteiger partial charge is 0.497 e. The number of carbonyl (C=O) groups excluding carboxylic acids is 1. The van der Waals surface area contributed by atoms with Crippen molar-refractivity contribution >= 4 is 5.91 Å². The smallest absolute Gasteiger partial charge is 0.217 e. The molecule has 3 N–H and O–H groups in total. The number of nitrogens with zero attached hydrogens (tertiary/aromatic N) is 3. The third kappa shape index (κ3) is 5.79. The summed E-state index contributed by atoms with van der Waals surface area (Å²) in [4.78, 5) is 11.6. The minimum atomic E-state index is -1.28. The van der Waals surface area contributed by atoms with Crippen LogP contribution < -0.4 is 10.1 Å². The summed E-state index contributed by atoms with van der Waals surface area (Å²) in [6.45, 7) is 6.98. The van der Waals surface area contributed by atoms with E-state index in [-0.39, 0.29) is 12.5 Å². The van der Waals surface area contributed by atoms with E-state index in [0.717, 1.165) is 5.56 Å². The van der Waals surface area contributed by atoms with Crippen molar-refractivity contribution in [3.05, 3.63) is 30.5 Å². The molecule has 0 radical (unpaired) electrons. The van der Waals surface area contributed by atoms with Crippen LogP contribution in [0.3, 0.4) is 0 Å². The maximum absolute atomic E-state index is 11.6. The summed E-state index contributed by atoms with van der Waals surface area (Å²) >= 11 is 0. The van der Waals surface area contributed by atoms with Crippen LogP contribution in [0.4, 0.5) is 0 Å². The van der Waals surface area contributed by atoms with Gasteiger partial charge in [-0.1, -0.05) is 17.3 Å². The highest BCUT2D eigenvalue weighted by Crippen LogP contribution is 2.27. The molecule has 170 valence electrons. The monoisotopic (exact) mass is 434 g/mol. The molecule has 1 unspecified atom stereocenters. The third-order valence-corrected chi connectivity index (χ3v) is 4.81. The molecule has 1 aliphatic heterocycles. The van der Waals surface area contributed by atoms with Gasteiger partial charge in [0.2, 0.25) is 5.91 Å². The molecule has 0 aliphatic carbocycles. The average molecular weight is 434 g/mol. The number of ether oxygens (including phenoxy) is 3. The number of aliphatic hydroxyl groups excluding tert-OH is 2. The molecule has 5 atom stereocenters. The third-order valence-electron chi connectivity index (χ3n) is 4.81. The minimum absolute atomic E-state index is 0.131. The number of hydrogen-bond acceptors (Lipinski definition) is 8. The molecule has 0 saturated carbocycles. The van der Waals surface area contributed by atoms with Gasteiger partial charge in [-0.25, -0.2) is 4.68 Å². The van der Waals surface area contributed by atoms with Gasteiger partial charge in [0.1, 0.15) is 35.8 Å². The number of carbonyl (C=O) groups is 1. The van der Waals surface area contributed by atoms with Crippen molar-refractivity contribution in [3.8, 4) is 17.0 Å². The zero-order valence-electron chi connectivity index (χ0n) is 18.3. The molecular weight excluding hydrogens is 404 g/mol. The van der Waals surface area contributed by atoms with Gasteiger partial charge in [0.25, 0.3) is 0 Å². The maximum Gasteiger partial charge on any atom is 0.217 e. The molecule has 31 heavy (non-hydrogen) atoms. The van der Waals surface area contributed by atoms with Crippen molar-refractivity contribution in [1.29, 1.82) is 0 Å². The van der Waals surface area contributed by atoms with Gasteiger partial charge >= 0.3 is 0 Å². The standard InChI is InChI=1S/C21H30N4O6/c1-12(26)22-17-19(28)18(27)16(30-20(17)31-21(2,3)4)11-25-10-15(23-24-25)13-7-6-8-14(9-13)29-5/h6-10,16-20,27-28H,11H2,1-5H3,(H,22,26)/t16-,17-,18+,19-,20?/m1/s1. The lowest BCUT2D eigenvalue weighted by Gasteiger charge is -2.44. The van der Waals surface area contributed by atoms with E-state index < -0.39 is 36.2 Å². The average Bonchev–Trinajstić information content (AvgIpc) is 3.16. The highest BCUT2D eigenvalue weighted by atomic mass is 16.7. The Morgan fingerprint density at radius 2 is 2.03 bits per heavy atom. The molecule has 0 spiro atoms. The lowest BCUT2D eigenvalue weighted by atomic mass is 9.96. The second-order valence-electron chi connectivity index (χ2n) is 8.54. The maximum atomic E-state index is 11.6. The summed E-state index contributed by atoms with van der Waals surface area (Å²) in [6.07, 6.45) is -2.60. The molecule has 3 rings (SSSR count). The van der Waals surface area contributed by atoms with Gasteiger partial charge in [-0.05, 0) is 32.9 Å². The Morgan fingerprint density at radius 1 is 1.29 bits per heavy atom. The Kier molecular flexibility index (Phi) is 6.95. The van der Waals surface area contributed by atoms with Crippen LogP contribution in [0.1, 0.15) is 27.7 Å². The van der Waals surface area contributed by atoms with Crippen LogP contribution in [0.2, 0.25) is 0 Å². The molecule has 1 saturated heterocycles. The van der Waals surface area contributed by atoms with Gasteiger partial charge in [-0.15, -0.1) is 5.10 Å². The van der Waals surface area contributed by atoms with Crippen LogP contribution in [0.5, 0.6) is 5.75 Å². The lowest BCUT2D eigenvalue weighted by molar-refractivity contribution is -0.290. The van der Waals surface area contributed by atoms with Gasteiger partial charge in [0, 0.05) is 12.5 Å². The molecular formula is C21H30N4O6. The first-order valence-electron chi connectivity index (χ1n) is 10.1. The van der Waals surface area contributed by atoms with Crippen molar-refractivity contribution in [3.63, 3.8) is 0 Å². The molecule has 0 bridgehead atoms. The van der Waals surface area contributed by atoms with Crippen LogP contribution >= 0.6 is 0 Å². The number of benzene rings is 1. The van der Waals surface area contributed by atoms with E-state index in [4.69, 9.17) is 14.2 Å². The summed E-state index contributed by atoms with van der Waals surface area (Å²) in [7, 11) is 1.59. The summed E-state index contributed by atoms with van der Waals surface area (Å²) in [6, 6.07) is 6.51.